The number of likely N-dealkylation sites (tertiary alicyclic amines) is 1. The van der Waals surface area contributed by atoms with Crippen molar-refractivity contribution in [3.05, 3.63) is 35.6 Å². The minimum Gasteiger partial charge on any atom is -0.338 e. The van der Waals surface area contributed by atoms with Crippen molar-refractivity contribution in [2.75, 3.05) is 13.1 Å². The number of rotatable bonds is 1. The number of halogens is 1. The van der Waals surface area contributed by atoms with Gasteiger partial charge in [-0.05, 0) is 43.0 Å². The van der Waals surface area contributed by atoms with E-state index in [-0.39, 0.29) is 11.7 Å². The predicted octanol–water partition coefficient (Wildman–Crippen LogP) is 3.72. The average Bonchev–Trinajstić information content (AvgIpc) is 2.41. The fourth-order valence-corrected chi connectivity index (χ4v) is 2.15. The van der Waals surface area contributed by atoms with Gasteiger partial charge in [0.15, 0.2) is 0 Å². The van der Waals surface area contributed by atoms with Gasteiger partial charge in [-0.3, -0.25) is 4.79 Å². The van der Waals surface area contributed by atoms with Crippen LogP contribution in [0.5, 0.6) is 0 Å². The second kappa shape index (κ2) is 7.14. The van der Waals surface area contributed by atoms with Gasteiger partial charge in [0.05, 0.1) is 0 Å². The largest absolute Gasteiger partial charge is 0.338 e. The van der Waals surface area contributed by atoms with Crippen molar-refractivity contribution in [1.82, 2.24) is 4.90 Å². The maximum atomic E-state index is 12.7. The fraction of sp³-hybridized carbons (Fsp3) is 0.533. The first-order valence-electron chi connectivity index (χ1n) is 6.71. The van der Waals surface area contributed by atoms with Crippen LogP contribution < -0.4 is 0 Å². The van der Waals surface area contributed by atoms with Crippen molar-refractivity contribution in [3.8, 4) is 0 Å². The summed E-state index contributed by atoms with van der Waals surface area (Å²) in [7, 11) is 0. The molecule has 0 aromatic heterocycles. The normalized spacial score (nSPS) is 18.9. The summed E-state index contributed by atoms with van der Waals surface area (Å²) < 4.78 is 12.7. The molecule has 2 nitrogen and oxygen atoms in total. The highest BCUT2D eigenvalue weighted by Crippen LogP contribution is 2.17. The highest BCUT2D eigenvalue weighted by atomic mass is 19.1. The number of piperidine rings is 1. The molecule has 0 aliphatic carbocycles. The maximum Gasteiger partial charge on any atom is 0.253 e. The van der Waals surface area contributed by atoms with E-state index in [4.69, 9.17) is 0 Å². The zero-order chi connectivity index (χ0) is 13.5. The van der Waals surface area contributed by atoms with Crippen molar-refractivity contribution in [2.45, 2.75) is 33.6 Å². The van der Waals surface area contributed by atoms with Crippen LogP contribution in [0.1, 0.15) is 44.0 Å². The Hall–Kier alpha value is -1.38. The molecule has 0 saturated carbocycles. The molecule has 1 heterocycles. The van der Waals surface area contributed by atoms with E-state index in [2.05, 4.69) is 6.92 Å². The molecule has 1 saturated heterocycles. The smallest absolute Gasteiger partial charge is 0.253 e. The summed E-state index contributed by atoms with van der Waals surface area (Å²) in [4.78, 5) is 13.9. The van der Waals surface area contributed by atoms with E-state index in [0.29, 0.717) is 11.5 Å². The molecular formula is C15H22FNO. The number of carbonyl (C=O) groups excluding carboxylic acids is 1. The van der Waals surface area contributed by atoms with Crippen molar-refractivity contribution in [1.29, 1.82) is 0 Å². The van der Waals surface area contributed by atoms with Crippen LogP contribution in [0, 0.1) is 11.7 Å². The van der Waals surface area contributed by atoms with Gasteiger partial charge in [-0.1, -0.05) is 20.8 Å². The van der Waals surface area contributed by atoms with Gasteiger partial charge < -0.3 is 4.90 Å². The number of hydrogen-bond acceptors (Lipinski definition) is 1. The standard InChI is InChI=1S/C13H16FNO.C2H6/c1-10-3-2-8-15(9-10)13(16)11-4-6-12(14)7-5-11;1-2/h4-7,10H,2-3,8-9H2,1H3;1-2H3/t10-;/m0./s1. The molecule has 1 fully saturated rings. The second-order valence-electron chi connectivity index (χ2n) is 4.51. The van der Waals surface area contributed by atoms with E-state index in [1.165, 1.54) is 18.6 Å². The Morgan fingerprint density at radius 1 is 1.28 bits per heavy atom. The Kier molecular flexibility index (Phi) is 5.83. The summed E-state index contributed by atoms with van der Waals surface area (Å²) >= 11 is 0. The second-order valence-corrected chi connectivity index (χ2v) is 4.51. The van der Waals surface area contributed by atoms with Crippen LogP contribution in [0.3, 0.4) is 0 Å². The van der Waals surface area contributed by atoms with Crippen LogP contribution in [0.2, 0.25) is 0 Å². The van der Waals surface area contributed by atoms with E-state index in [0.717, 1.165) is 19.5 Å². The number of amides is 1. The fourth-order valence-electron chi connectivity index (χ4n) is 2.15. The topological polar surface area (TPSA) is 20.3 Å². The summed E-state index contributed by atoms with van der Waals surface area (Å²) in [5.41, 5.74) is 0.579. The van der Waals surface area contributed by atoms with Crippen LogP contribution in [0.25, 0.3) is 0 Å². The van der Waals surface area contributed by atoms with Crippen molar-refractivity contribution >= 4 is 5.91 Å². The third-order valence-electron chi connectivity index (χ3n) is 3.04. The summed E-state index contributed by atoms with van der Waals surface area (Å²) in [6.45, 7) is 7.79. The predicted molar refractivity (Wildman–Crippen MR) is 72.0 cm³/mol. The molecule has 1 aliphatic rings. The Morgan fingerprint density at radius 2 is 1.89 bits per heavy atom. The number of carbonyl (C=O) groups is 1. The quantitative estimate of drug-likeness (QED) is 0.745. The molecule has 3 heteroatoms. The Bertz CT molecular complexity index is 375. The molecular weight excluding hydrogens is 229 g/mol. The zero-order valence-corrected chi connectivity index (χ0v) is 11.4. The Balaban J connectivity index is 0.000000771. The van der Waals surface area contributed by atoms with Crippen molar-refractivity contribution in [3.63, 3.8) is 0 Å². The average molecular weight is 251 g/mol. The summed E-state index contributed by atoms with van der Waals surface area (Å²) in [5, 5.41) is 0. The molecule has 18 heavy (non-hydrogen) atoms. The first-order valence-corrected chi connectivity index (χ1v) is 6.71. The van der Waals surface area contributed by atoms with Crippen LogP contribution >= 0.6 is 0 Å². The van der Waals surface area contributed by atoms with Crippen LogP contribution in [-0.2, 0) is 0 Å². The molecule has 2 rings (SSSR count). The van der Waals surface area contributed by atoms with Gasteiger partial charge in [0.25, 0.3) is 5.91 Å². The molecule has 0 bridgehead atoms. The Morgan fingerprint density at radius 3 is 2.44 bits per heavy atom. The van der Waals surface area contributed by atoms with E-state index in [1.54, 1.807) is 12.1 Å². The highest BCUT2D eigenvalue weighted by molar-refractivity contribution is 5.94. The first-order chi connectivity index (χ1) is 8.66. The van der Waals surface area contributed by atoms with E-state index < -0.39 is 0 Å². The third-order valence-corrected chi connectivity index (χ3v) is 3.04. The lowest BCUT2D eigenvalue weighted by atomic mass is 9.99. The van der Waals surface area contributed by atoms with E-state index in [1.807, 2.05) is 18.7 Å². The molecule has 1 atom stereocenters. The van der Waals surface area contributed by atoms with Crippen LogP contribution in [-0.4, -0.2) is 23.9 Å². The summed E-state index contributed by atoms with van der Waals surface area (Å²) in [5.74, 6) is 0.285. The lowest BCUT2D eigenvalue weighted by molar-refractivity contribution is 0.0683. The van der Waals surface area contributed by atoms with E-state index >= 15 is 0 Å². The van der Waals surface area contributed by atoms with Gasteiger partial charge in [-0.2, -0.15) is 0 Å². The van der Waals surface area contributed by atoms with Crippen LogP contribution in [0.15, 0.2) is 24.3 Å². The SMILES string of the molecule is CC.C[C@H]1CCCN(C(=O)c2ccc(F)cc2)C1. The lowest BCUT2D eigenvalue weighted by Gasteiger charge is -2.31. The molecule has 100 valence electrons. The van der Waals surface area contributed by atoms with E-state index in [9.17, 15) is 9.18 Å². The minimum atomic E-state index is -0.302. The van der Waals surface area contributed by atoms with Gasteiger partial charge in [-0.25, -0.2) is 4.39 Å². The van der Waals surface area contributed by atoms with Crippen molar-refractivity contribution < 1.29 is 9.18 Å². The molecule has 1 aromatic carbocycles. The van der Waals surface area contributed by atoms with Gasteiger partial charge in [-0.15, -0.1) is 0 Å². The third kappa shape index (κ3) is 3.83. The summed E-state index contributed by atoms with van der Waals surface area (Å²) in [6, 6.07) is 5.77. The van der Waals surface area contributed by atoms with Crippen molar-refractivity contribution in [2.24, 2.45) is 5.92 Å². The first kappa shape index (κ1) is 14.7. The maximum absolute atomic E-state index is 12.7. The molecule has 0 unspecified atom stereocenters. The highest BCUT2D eigenvalue weighted by Gasteiger charge is 2.21. The molecule has 0 radical (unpaired) electrons. The molecule has 0 spiro atoms. The van der Waals surface area contributed by atoms with Gasteiger partial charge in [0, 0.05) is 18.7 Å². The van der Waals surface area contributed by atoms with Gasteiger partial charge >= 0.3 is 0 Å². The zero-order valence-electron chi connectivity index (χ0n) is 11.4. The van der Waals surface area contributed by atoms with Gasteiger partial charge in [0.1, 0.15) is 5.82 Å². The minimum absolute atomic E-state index is 0.0200. The van der Waals surface area contributed by atoms with Gasteiger partial charge in [0.2, 0.25) is 0 Å². The molecule has 0 N–H and O–H groups in total. The molecule has 1 aromatic rings. The molecule has 1 amide bonds. The Labute approximate surface area is 109 Å². The van der Waals surface area contributed by atoms with Crippen LogP contribution in [0.4, 0.5) is 4.39 Å². The molecule has 1 aliphatic heterocycles. The number of hydrogen-bond donors (Lipinski definition) is 0. The lowest BCUT2D eigenvalue weighted by Crippen LogP contribution is -2.39. The summed E-state index contributed by atoms with van der Waals surface area (Å²) in [6.07, 6.45) is 2.25. The number of benzene rings is 1. The number of nitrogens with zero attached hydrogens (tertiary/aromatic N) is 1. The monoisotopic (exact) mass is 251 g/mol.